The molecule has 54 heavy (non-hydrogen) atoms. The van der Waals surface area contributed by atoms with Crippen LogP contribution in [0.3, 0.4) is 0 Å². The van der Waals surface area contributed by atoms with E-state index < -0.39 is 0 Å². The zero-order chi connectivity index (χ0) is 37.6. The van der Waals surface area contributed by atoms with Crippen molar-refractivity contribution in [3.8, 4) is 34.1 Å². The van der Waals surface area contributed by atoms with Crippen molar-refractivity contribution < 1.29 is 25.8 Å². The number of pyridine rings is 1. The minimum Gasteiger partial charge on any atom is -0.509 e. The number of nitrogens with zero attached hydrogens (tertiary/aromatic N) is 4. The van der Waals surface area contributed by atoms with Gasteiger partial charge in [0.25, 0.3) is 0 Å². The molecule has 0 amide bonds. The molecule has 6 heteroatoms. The predicted octanol–water partition coefficient (Wildman–Crippen LogP) is 12.5. The van der Waals surface area contributed by atoms with E-state index in [-0.39, 0.29) is 26.5 Å². The number of para-hydroxylation sites is 1. The van der Waals surface area contributed by atoms with E-state index in [1.807, 2.05) is 47.4 Å². The van der Waals surface area contributed by atoms with Crippen molar-refractivity contribution in [3.63, 3.8) is 0 Å². The molecule has 0 aliphatic carbocycles. The van der Waals surface area contributed by atoms with Gasteiger partial charge in [0.1, 0.15) is 5.82 Å². The molecule has 3 heterocycles. The van der Waals surface area contributed by atoms with Crippen LogP contribution in [-0.4, -0.2) is 19.3 Å². The molecule has 4 aromatic carbocycles. The van der Waals surface area contributed by atoms with E-state index in [0.29, 0.717) is 29.3 Å². The normalized spacial score (nSPS) is 12.0. The average molecular weight is 896 g/mol. The van der Waals surface area contributed by atoms with Crippen molar-refractivity contribution in [2.24, 2.45) is 11.8 Å². The SMILES string of the molecule is Cc1ccnc(-n2c3[c-]c(Oc4[c-]c(-n5cc(-c6c(C(C)(C)C)cc(CC(C)C)c(CC(C)C)c6C(C)C)cn5)ccc4)ccc3c3ccccc32)c1.[Pt+2]. The first-order chi connectivity index (χ1) is 25.3. The van der Waals surface area contributed by atoms with Gasteiger partial charge in [-0.05, 0) is 106 Å². The topological polar surface area (TPSA) is 44.9 Å². The van der Waals surface area contributed by atoms with E-state index >= 15 is 0 Å². The summed E-state index contributed by atoms with van der Waals surface area (Å²) in [5.41, 5.74) is 12.3. The minimum absolute atomic E-state index is 0. The summed E-state index contributed by atoms with van der Waals surface area (Å²) in [7, 11) is 0. The molecular weight excluding hydrogens is 844 g/mol. The Kier molecular flexibility index (Phi) is 11.4. The molecule has 3 aromatic heterocycles. The number of hydrogen-bond acceptors (Lipinski definition) is 3. The Morgan fingerprint density at radius 2 is 1.54 bits per heavy atom. The maximum absolute atomic E-state index is 6.48. The fraction of sp³-hybridized carbons (Fsp3) is 0.333. The van der Waals surface area contributed by atoms with Gasteiger partial charge >= 0.3 is 21.1 Å². The maximum atomic E-state index is 6.48. The monoisotopic (exact) mass is 895 g/mol. The average Bonchev–Trinajstić information content (AvgIpc) is 3.71. The number of rotatable bonds is 10. The standard InChI is InChI=1S/C48H52N4O.Pt/c1-30(2)22-34-25-42(48(8,9)10)47(46(32(5)6)41(34)23-31(3)4)35-28-50-51(29-35)36-14-13-15-37(26-36)53-38-18-19-40-39-16-11-12-17-43(39)52(44(40)27-38)45-24-33(7)20-21-49-45;/h11-21,24-25,28-32H,22-23H2,1-10H3;/q-2;+2. The summed E-state index contributed by atoms with van der Waals surface area (Å²) in [5, 5.41) is 7.18. The molecule has 0 aliphatic rings. The minimum atomic E-state index is -0.0399. The van der Waals surface area contributed by atoms with Crippen LogP contribution >= 0.6 is 0 Å². The van der Waals surface area contributed by atoms with Gasteiger partial charge in [0, 0.05) is 35.0 Å². The Balaban J connectivity index is 0.00000497. The Labute approximate surface area is 336 Å². The number of fused-ring (bicyclic) bond motifs is 3. The van der Waals surface area contributed by atoms with Crippen LogP contribution in [0.1, 0.15) is 96.0 Å². The van der Waals surface area contributed by atoms with Gasteiger partial charge in [0.15, 0.2) is 0 Å². The van der Waals surface area contributed by atoms with Gasteiger partial charge in [-0.3, -0.25) is 4.68 Å². The van der Waals surface area contributed by atoms with Crippen LogP contribution < -0.4 is 4.74 Å². The van der Waals surface area contributed by atoms with E-state index in [1.54, 1.807) is 0 Å². The molecule has 7 rings (SSSR count). The third kappa shape index (κ3) is 7.84. The number of aromatic nitrogens is 4. The molecule has 0 unspecified atom stereocenters. The summed E-state index contributed by atoms with van der Waals surface area (Å²) in [4.78, 5) is 4.72. The fourth-order valence-corrected chi connectivity index (χ4v) is 7.76. The van der Waals surface area contributed by atoms with Gasteiger partial charge in [0.05, 0.1) is 6.20 Å². The second-order valence-corrected chi connectivity index (χ2v) is 16.8. The Morgan fingerprint density at radius 1 is 0.796 bits per heavy atom. The summed E-state index contributed by atoms with van der Waals surface area (Å²) in [6.07, 6.45) is 8.20. The van der Waals surface area contributed by atoms with Gasteiger partial charge in [-0.1, -0.05) is 92.1 Å². The molecule has 0 radical (unpaired) electrons. The van der Waals surface area contributed by atoms with Crippen LogP contribution in [0.15, 0.2) is 91.4 Å². The van der Waals surface area contributed by atoms with Gasteiger partial charge in [-0.15, -0.1) is 35.7 Å². The molecule has 0 N–H and O–H groups in total. The number of ether oxygens (including phenoxy) is 1. The molecule has 0 spiro atoms. The zero-order valence-electron chi connectivity index (χ0n) is 33.3. The van der Waals surface area contributed by atoms with Crippen molar-refractivity contribution in [2.45, 2.75) is 93.4 Å². The fourth-order valence-electron chi connectivity index (χ4n) is 7.76. The van der Waals surface area contributed by atoms with Gasteiger partial charge in [-0.2, -0.15) is 17.2 Å². The first kappa shape index (κ1) is 39.2. The molecule has 280 valence electrons. The molecule has 0 bridgehead atoms. The molecule has 0 atom stereocenters. The van der Waals surface area contributed by atoms with Crippen molar-refractivity contribution in [2.75, 3.05) is 0 Å². The third-order valence-corrected chi connectivity index (χ3v) is 9.97. The van der Waals surface area contributed by atoms with E-state index in [4.69, 9.17) is 14.8 Å². The van der Waals surface area contributed by atoms with Gasteiger partial charge in [0.2, 0.25) is 0 Å². The number of hydrogen-bond donors (Lipinski definition) is 0. The van der Waals surface area contributed by atoms with Gasteiger partial charge in [-0.25, -0.2) is 4.98 Å². The smallest absolute Gasteiger partial charge is 0.509 e. The van der Waals surface area contributed by atoms with Crippen LogP contribution in [0.5, 0.6) is 11.5 Å². The second kappa shape index (κ2) is 15.7. The first-order valence-electron chi connectivity index (χ1n) is 19.1. The van der Waals surface area contributed by atoms with E-state index in [2.05, 4.69) is 135 Å². The third-order valence-electron chi connectivity index (χ3n) is 9.97. The second-order valence-electron chi connectivity index (χ2n) is 16.8. The number of aryl methyl sites for hydroxylation is 1. The molecule has 7 aromatic rings. The van der Waals surface area contributed by atoms with E-state index in [0.717, 1.165) is 57.3 Å². The van der Waals surface area contributed by atoms with Crippen LogP contribution in [0.25, 0.3) is 44.4 Å². The van der Waals surface area contributed by atoms with E-state index in [9.17, 15) is 0 Å². The van der Waals surface area contributed by atoms with Crippen molar-refractivity contribution in [3.05, 3.63) is 131 Å². The Hall–Kier alpha value is -4.47. The van der Waals surface area contributed by atoms with E-state index in [1.165, 1.54) is 27.8 Å². The summed E-state index contributed by atoms with van der Waals surface area (Å²) in [6.45, 7) is 23.1. The van der Waals surface area contributed by atoms with Crippen molar-refractivity contribution in [1.82, 2.24) is 19.3 Å². The molecular formula is C48H52N4OPt. The molecule has 0 fully saturated rings. The number of benzene rings is 4. The van der Waals surface area contributed by atoms with Crippen LogP contribution in [0.2, 0.25) is 0 Å². The Bertz CT molecular complexity index is 2420. The summed E-state index contributed by atoms with van der Waals surface area (Å²) >= 11 is 0. The molecule has 0 saturated heterocycles. The van der Waals surface area contributed by atoms with Crippen molar-refractivity contribution >= 4 is 21.8 Å². The Morgan fingerprint density at radius 3 is 2.24 bits per heavy atom. The van der Waals surface area contributed by atoms with Gasteiger partial charge < -0.3 is 9.30 Å². The molecule has 5 nitrogen and oxygen atoms in total. The van der Waals surface area contributed by atoms with Crippen molar-refractivity contribution in [1.29, 1.82) is 0 Å². The predicted molar refractivity (Wildman–Crippen MR) is 220 cm³/mol. The van der Waals surface area contributed by atoms with Crippen LogP contribution in [-0.2, 0) is 39.3 Å². The van der Waals surface area contributed by atoms with Crippen LogP contribution in [0, 0.1) is 30.9 Å². The van der Waals surface area contributed by atoms with Crippen LogP contribution in [0.4, 0.5) is 0 Å². The molecule has 0 saturated carbocycles. The molecule has 0 aliphatic heterocycles. The summed E-state index contributed by atoms with van der Waals surface area (Å²) in [6, 6.07) is 32.1. The summed E-state index contributed by atoms with van der Waals surface area (Å²) < 4.78 is 10.6. The maximum Gasteiger partial charge on any atom is 2.00 e. The largest absolute Gasteiger partial charge is 2.00 e. The summed E-state index contributed by atoms with van der Waals surface area (Å²) in [5.74, 6) is 3.58. The quantitative estimate of drug-likeness (QED) is 0.129. The zero-order valence-corrected chi connectivity index (χ0v) is 35.6. The first-order valence-corrected chi connectivity index (χ1v) is 19.1.